The summed E-state index contributed by atoms with van der Waals surface area (Å²) in [5.41, 5.74) is 2.58. The number of amides is 1. The summed E-state index contributed by atoms with van der Waals surface area (Å²) < 4.78 is 5.32. The number of carbonyl (C=O) groups excluding carboxylic acids is 1. The zero-order valence-electron chi connectivity index (χ0n) is 14.0. The molecule has 0 atom stereocenters. The molecular weight excluding hydrogens is 278 g/mol. The van der Waals surface area contributed by atoms with Crippen molar-refractivity contribution in [2.24, 2.45) is 0 Å². The van der Waals surface area contributed by atoms with Gasteiger partial charge in [-0.15, -0.1) is 0 Å². The van der Waals surface area contributed by atoms with E-state index in [4.69, 9.17) is 4.74 Å². The molecule has 2 N–H and O–H groups in total. The molecule has 0 unspecified atom stereocenters. The largest absolute Gasteiger partial charge is 0.444 e. The van der Waals surface area contributed by atoms with Crippen LogP contribution in [0.4, 0.5) is 10.5 Å². The second-order valence-electron chi connectivity index (χ2n) is 6.80. The number of nitrogens with zero attached hydrogens (tertiary/aromatic N) is 1. The maximum Gasteiger partial charge on any atom is 0.412 e. The molecule has 122 valence electrons. The van der Waals surface area contributed by atoms with E-state index in [9.17, 15) is 4.79 Å². The molecule has 0 spiro atoms. The fourth-order valence-electron chi connectivity index (χ4n) is 2.44. The smallest absolute Gasteiger partial charge is 0.412 e. The first-order valence-electron chi connectivity index (χ1n) is 7.86. The molecule has 1 fully saturated rings. The Hall–Kier alpha value is -1.59. The predicted octanol–water partition coefficient (Wildman–Crippen LogP) is 2.75. The summed E-state index contributed by atoms with van der Waals surface area (Å²) in [6.45, 7) is 12.7. The molecule has 1 saturated heterocycles. The number of anilines is 1. The van der Waals surface area contributed by atoms with Gasteiger partial charge in [-0.25, -0.2) is 4.79 Å². The van der Waals surface area contributed by atoms with Crippen LogP contribution >= 0.6 is 0 Å². The van der Waals surface area contributed by atoms with Crippen molar-refractivity contribution in [2.75, 3.05) is 31.5 Å². The molecule has 0 bridgehead atoms. The standard InChI is InChI=1S/C17H27N3O2/c1-13-5-6-14(12-20-9-7-18-8-10-20)11-15(13)19-16(21)22-17(2,3)4/h5-6,11,18H,7-10,12H2,1-4H3,(H,19,21). The van der Waals surface area contributed by atoms with Gasteiger partial charge in [0.25, 0.3) is 0 Å². The highest BCUT2D eigenvalue weighted by Gasteiger charge is 2.17. The van der Waals surface area contributed by atoms with E-state index in [0.29, 0.717) is 0 Å². The van der Waals surface area contributed by atoms with Crippen LogP contribution in [0, 0.1) is 6.92 Å². The highest BCUT2D eigenvalue weighted by Crippen LogP contribution is 2.19. The lowest BCUT2D eigenvalue weighted by molar-refractivity contribution is 0.0636. The minimum absolute atomic E-state index is 0.407. The van der Waals surface area contributed by atoms with E-state index in [1.807, 2.05) is 39.8 Å². The van der Waals surface area contributed by atoms with Gasteiger partial charge in [0.05, 0.1) is 0 Å². The number of carbonyl (C=O) groups is 1. The predicted molar refractivity (Wildman–Crippen MR) is 89.2 cm³/mol. The third-order valence-corrected chi connectivity index (χ3v) is 3.55. The Bertz CT molecular complexity index is 517. The van der Waals surface area contributed by atoms with Gasteiger partial charge in [-0.05, 0) is 44.9 Å². The van der Waals surface area contributed by atoms with Gasteiger partial charge in [0.15, 0.2) is 0 Å². The molecule has 1 aliphatic heterocycles. The molecule has 1 aromatic carbocycles. The number of ether oxygens (including phenoxy) is 1. The van der Waals surface area contributed by atoms with E-state index in [2.05, 4.69) is 21.6 Å². The topological polar surface area (TPSA) is 53.6 Å². The average Bonchev–Trinajstić information content (AvgIpc) is 2.41. The average molecular weight is 305 g/mol. The summed E-state index contributed by atoms with van der Waals surface area (Å²) in [4.78, 5) is 14.3. The Balaban J connectivity index is 2.01. The molecule has 5 nitrogen and oxygen atoms in total. The van der Waals surface area contributed by atoms with Crippen molar-refractivity contribution in [3.05, 3.63) is 29.3 Å². The van der Waals surface area contributed by atoms with Gasteiger partial charge in [0.1, 0.15) is 5.60 Å². The summed E-state index contributed by atoms with van der Waals surface area (Å²) in [7, 11) is 0. The molecule has 1 heterocycles. The van der Waals surface area contributed by atoms with E-state index in [0.717, 1.165) is 44.0 Å². The molecule has 1 aromatic rings. The second-order valence-corrected chi connectivity index (χ2v) is 6.80. The number of hydrogen-bond acceptors (Lipinski definition) is 4. The van der Waals surface area contributed by atoms with Crippen LogP contribution < -0.4 is 10.6 Å². The zero-order valence-corrected chi connectivity index (χ0v) is 14.0. The fourth-order valence-corrected chi connectivity index (χ4v) is 2.44. The summed E-state index contributed by atoms with van der Waals surface area (Å²) in [5.74, 6) is 0. The van der Waals surface area contributed by atoms with Crippen LogP contribution in [0.3, 0.4) is 0 Å². The van der Waals surface area contributed by atoms with Crippen LogP contribution in [0.1, 0.15) is 31.9 Å². The van der Waals surface area contributed by atoms with Gasteiger partial charge in [-0.2, -0.15) is 0 Å². The lowest BCUT2D eigenvalue weighted by Gasteiger charge is -2.27. The maximum absolute atomic E-state index is 11.9. The molecule has 0 radical (unpaired) electrons. The Labute approximate surface area is 133 Å². The van der Waals surface area contributed by atoms with E-state index >= 15 is 0 Å². The van der Waals surface area contributed by atoms with Crippen LogP contribution in [-0.2, 0) is 11.3 Å². The van der Waals surface area contributed by atoms with Gasteiger partial charge in [0.2, 0.25) is 0 Å². The molecule has 1 aliphatic rings. The van der Waals surface area contributed by atoms with Crippen molar-refractivity contribution in [3.8, 4) is 0 Å². The Morgan fingerprint density at radius 2 is 2.00 bits per heavy atom. The SMILES string of the molecule is Cc1ccc(CN2CCNCC2)cc1NC(=O)OC(C)(C)C. The Morgan fingerprint density at radius 1 is 1.32 bits per heavy atom. The van der Waals surface area contributed by atoms with Crippen molar-refractivity contribution in [2.45, 2.75) is 39.8 Å². The fraction of sp³-hybridized carbons (Fsp3) is 0.588. The van der Waals surface area contributed by atoms with E-state index in [1.54, 1.807) is 0 Å². The third kappa shape index (κ3) is 5.31. The summed E-state index contributed by atoms with van der Waals surface area (Å²) in [5, 5.41) is 6.21. The zero-order chi connectivity index (χ0) is 16.2. The normalized spacial score (nSPS) is 16.4. The lowest BCUT2D eigenvalue weighted by Crippen LogP contribution is -2.42. The summed E-state index contributed by atoms with van der Waals surface area (Å²) in [6.07, 6.45) is -0.407. The molecule has 22 heavy (non-hydrogen) atoms. The Morgan fingerprint density at radius 3 is 2.64 bits per heavy atom. The van der Waals surface area contributed by atoms with Crippen LogP contribution in [0.25, 0.3) is 0 Å². The van der Waals surface area contributed by atoms with Crippen LogP contribution in [0.5, 0.6) is 0 Å². The van der Waals surface area contributed by atoms with Gasteiger partial charge in [-0.1, -0.05) is 12.1 Å². The van der Waals surface area contributed by atoms with E-state index in [1.165, 1.54) is 5.56 Å². The quantitative estimate of drug-likeness (QED) is 0.901. The summed E-state index contributed by atoms with van der Waals surface area (Å²) in [6, 6.07) is 6.21. The molecule has 0 aliphatic carbocycles. The maximum atomic E-state index is 11.9. The van der Waals surface area contributed by atoms with Crippen LogP contribution in [0.15, 0.2) is 18.2 Å². The highest BCUT2D eigenvalue weighted by molar-refractivity contribution is 5.86. The molecule has 0 saturated carbocycles. The van der Waals surface area contributed by atoms with Gasteiger partial charge >= 0.3 is 6.09 Å². The summed E-state index contributed by atoms with van der Waals surface area (Å²) >= 11 is 0. The highest BCUT2D eigenvalue weighted by atomic mass is 16.6. The van der Waals surface area contributed by atoms with Crippen molar-refractivity contribution in [3.63, 3.8) is 0 Å². The van der Waals surface area contributed by atoms with Crippen molar-refractivity contribution >= 4 is 11.8 Å². The van der Waals surface area contributed by atoms with Crippen LogP contribution in [0.2, 0.25) is 0 Å². The van der Waals surface area contributed by atoms with Gasteiger partial charge < -0.3 is 10.1 Å². The first kappa shape index (κ1) is 16.8. The molecule has 5 heteroatoms. The van der Waals surface area contributed by atoms with Gasteiger partial charge in [0, 0.05) is 38.4 Å². The number of hydrogen-bond donors (Lipinski definition) is 2. The molecular formula is C17H27N3O2. The lowest BCUT2D eigenvalue weighted by atomic mass is 10.1. The molecule has 2 rings (SSSR count). The minimum Gasteiger partial charge on any atom is -0.444 e. The molecule has 1 amide bonds. The van der Waals surface area contributed by atoms with Crippen LogP contribution in [-0.4, -0.2) is 42.8 Å². The Kier molecular flexibility index (Phi) is 5.42. The number of piperazine rings is 1. The van der Waals surface area contributed by atoms with E-state index in [-0.39, 0.29) is 0 Å². The van der Waals surface area contributed by atoms with Crippen molar-refractivity contribution in [1.82, 2.24) is 10.2 Å². The monoisotopic (exact) mass is 305 g/mol. The second kappa shape index (κ2) is 7.11. The third-order valence-electron chi connectivity index (χ3n) is 3.55. The first-order valence-corrected chi connectivity index (χ1v) is 7.86. The minimum atomic E-state index is -0.490. The molecule has 0 aromatic heterocycles. The number of benzene rings is 1. The van der Waals surface area contributed by atoms with Gasteiger partial charge in [-0.3, -0.25) is 10.2 Å². The first-order chi connectivity index (χ1) is 10.3. The number of rotatable bonds is 3. The van der Waals surface area contributed by atoms with E-state index < -0.39 is 11.7 Å². The number of aryl methyl sites for hydroxylation is 1. The number of nitrogens with one attached hydrogen (secondary N) is 2. The van der Waals surface area contributed by atoms with Crippen molar-refractivity contribution in [1.29, 1.82) is 0 Å². The van der Waals surface area contributed by atoms with Crippen molar-refractivity contribution < 1.29 is 9.53 Å².